The van der Waals surface area contributed by atoms with E-state index in [1.54, 1.807) is 36.9 Å². The number of nitrogens with two attached hydrogens (primary N) is 1. The molecule has 0 aromatic heterocycles. The number of anilines is 2. The molecule has 46 heavy (non-hydrogen) atoms. The third-order valence-electron chi connectivity index (χ3n) is 7.17. The molecule has 1 aliphatic heterocycles. The first-order valence-corrected chi connectivity index (χ1v) is 15.0. The lowest BCUT2D eigenvalue weighted by Gasteiger charge is -2.29. The van der Waals surface area contributed by atoms with E-state index >= 15 is 0 Å². The van der Waals surface area contributed by atoms with E-state index < -0.39 is 28.7 Å². The summed E-state index contributed by atoms with van der Waals surface area (Å²) in [5.41, 5.74) is 4.88. The van der Waals surface area contributed by atoms with E-state index in [0.29, 0.717) is 64.2 Å². The number of ether oxygens (including phenoxy) is 4. The number of benzene rings is 3. The van der Waals surface area contributed by atoms with Crippen molar-refractivity contribution in [3.63, 3.8) is 0 Å². The number of nitriles is 1. The molecule has 1 saturated heterocycles. The molecular formula is C33H35F3N4O5S. The van der Waals surface area contributed by atoms with E-state index in [1.807, 2.05) is 36.4 Å². The normalized spacial score (nSPS) is 14.5. The maximum Gasteiger partial charge on any atom is 0.417 e. The van der Waals surface area contributed by atoms with E-state index in [4.69, 9.17) is 42.2 Å². The van der Waals surface area contributed by atoms with Crippen molar-refractivity contribution in [2.45, 2.75) is 25.6 Å². The SMILES string of the molecule is CC1(C)C(=O)N(c2ccc(C#N)c(C(F)(F)F)c2)C(=S)N1c1ccc(-c2ccc(OCCOCCOCCOCCN)cc2)cc1. The number of halogens is 3. The van der Waals surface area contributed by atoms with Gasteiger partial charge in [0.2, 0.25) is 0 Å². The summed E-state index contributed by atoms with van der Waals surface area (Å²) in [6.45, 7) is 7.03. The van der Waals surface area contributed by atoms with E-state index in [9.17, 15) is 18.0 Å². The Balaban J connectivity index is 1.35. The van der Waals surface area contributed by atoms with Crippen molar-refractivity contribution in [2.75, 3.05) is 62.6 Å². The molecule has 0 saturated carbocycles. The maximum absolute atomic E-state index is 13.6. The number of carbonyl (C=O) groups is 1. The maximum atomic E-state index is 13.6. The molecule has 1 fully saturated rings. The largest absolute Gasteiger partial charge is 0.491 e. The first-order valence-electron chi connectivity index (χ1n) is 14.6. The number of nitrogens with zero attached hydrogens (tertiary/aromatic N) is 3. The lowest BCUT2D eigenvalue weighted by molar-refractivity contribution is -0.137. The summed E-state index contributed by atoms with van der Waals surface area (Å²) in [5.74, 6) is 0.203. The number of thiocarbonyl (C=S) groups is 1. The molecule has 1 amide bonds. The quantitative estimate of drug-likeness (QED) is 0.166. The van der Waals surface area contributed by atoms with Gasteiger partial charge < -0.3 is 29.6 Å². The van der Waals surface area contributed by atoms with Crippen LogP contribution in [0.25, 0.3) is 11.1 Å². The van der Waals surface area contributed by atoms with Gasteiger partial charge in [-0.15, -0.1) is 0 Å². The van der Waals surface area contributed by atoms with Crippen LogP contribution in [0.15, 0.2) is 66.7 Å². The highest BCUT2D eigenvalue weighted by Gasteiger charge is 2.50. The zero-order chi connectivity index (χ0) is 33.3. The van der Waals surface area contributed by atoms with Crippen LogP contribution in [0.5, 0.6) is 5.75 Å². The zero-order valence-electron chi connectivity index (χ0n) is 25.5. The molecule has 0 atom stereocenters. The van der Waals surface area contributed by atoms with Crippen LogP contribution in [-0.4, -0.2) is 69.4 Å². The molecule has 0 bridgehead atoms. The summed E-state index contributed by atoms with van der Waals surface area (Å²) >= 11 is 5.63. The Labute approximate surface area is 271 Å². The molecule has 244 valence electrons. The van der Waals surface area contributed by atoms with E-state index in [2.05, 4.69) is 0 Å². The number of amides is 1. The second-order valence-electron chi connectivity index (χ2n) is 10.7. The van der Waals surface area contributed by atoms with Crippen molar-refractivity contribution < 1.29 is 36.9 Å². The smallest absolute Gasteiger partial charge is 0.417 e. The molecule has 0 spiro atoms. The van der Waals surface area contributed by atoms with Crippen LogP contribution in [0.2, 0.25) is 0 Å². The lowest BCUT2D eigenvalue weighted by Crippen LogP contribution is -2.44. The van der Waals surface area contributed by atoms with Crippen LogP contribution in [0.3, 0.4) is 0 Å². The second kappa shape index (κ2) is 15.5. The van der Waals surface area contributed by atoms with E-state index in [1.165, 1.54) is 6.07 Å². The molecule has 1 aliphatic rings. The highest BCUT2D eigenvalue weighted by atomic mass is 32.1. The summed E-state index contributed by atoms with van der Waals surface area (Å²) in [7, 11) is 0. The van der Waals surface area contributed by atoms with E-state index in [-0.39, 0.29) is 10.8 Å². The Morgan fingerprint density at radius 2 is 1.35 bits per heavy atom. The van der Waals surface area contributed by atoms with Crippen LogP contribution in [-0.2, 0) is 25.2 Å². The molecule has 2 N–H and O–H groups in total. The number of rotatable bonds is 15. The fourth-order valence-electron chi connectivity index (χ4n) is 4.85. The zero-order valence-corrected chi connectivity index (χ0v) is 26.3. The molecule has 3 aromatic carbocycles. The second-order valence-corrected chi connectivity index (χ2v) is 11.1. The fraction of sp³-hybridized carbons (Fsp3) is 0.364. The van der Waals surface area contributed by atoms with Gasteiger partial charge >= 0.3 is 6.18 Å². The predicted octanol–water partition coefficient (Wildman–Crippen LogP) is 5.55. The number of hydrogen-bond donors (Lipinski definition) is 1. The average Bonchev–Trinajstić information content (AvgIpc) is 3.21. The van der Waals surface area contributed by atoms with Gasteiger partial charge in [-0.05, 0) is 79.7 Å². The van der Waals surface area contributed by atoms with Crippen molar-refractivity contribution in [3.8, 4) is 22.9 Å². The topological polar surface area (TPSA) is 110 Å². The van der Waals surface area contributed by atoms with Crippen molar-refractivity contribution in [3.05, 3.63) is 77.9 Å². The highest BCUT2D eigenvalue weighted by molar-refractivity contribution is 7.81. The Kier molecular flexibility index (Phi) is 11.7. The predicted molar refractivity (Wildman–Crippen MR) is 172 cm³/mol. The molecule has 0 radical (unpaired) electrons. The third kappa shape index (κ3) is 8.20. The van der Waals surface area contributed by atoms with Gasteiger partial charge in [-0.2, -0.15) is 18.4 Å². The van der Waals surface area contributed by atoms with Crippen LogP contribution in [0, 0.1) is 11.3 Å². The first-order chi connectivity index (χ1) is 22.0. The van der Waals surface area contributed by atoms with Crippen molar-refractivity contribution >= 4 is 34.6 Å². The van der Waals surface area contributed by atoms with Crippen molar-refractivity contribution in [1.82, 2.24) is 0 Å². The first kappa shape index (κ1) is 34.8. The average molecular weight is 657 g/mol. The molecule has 1 heterocycles. The van der Waals surface area contributed by atoms with Gasteiger partial charge in [0.15, 0.2) is 5.11 Å². The van der Waals surface area contributed by atoms with Gasteiger partial charge in [-0.25, -0.2) is 0 Å². The molecule has 0 aliphatic carbocycles. The third-order valence-corrected chi connectivity index (χ3v) is 7.54. The molecule has 3 aromatic rings. The Morgan fingerprint density at radius 1 is 0.826 bits per heavy atom. The van der Waals surface area contributed by atoms with Crippen molar-refractivity contribution in [2.24, 2.45) is 5.73 Å². The lowest BCUT2D eigenvalue weighted by atomic mass is 10.0. The van der Waals surface area contributed by atoms with E-state index in [0.717, 1.165) is 28.2 Å². The van der Waals surface area contributed by atoms with Gasteiger partial charge in [0.1, 0.15) is 17.9 Å². The van der Waals surface area contributed by atoms with Crippen LogP contribution in [0.1, 0.15) is 25.0 Å². The molecule has 4 rings (SSSR count). The van der Waals surface area contributed by atoms with Gasteiger partial charge in [0.05, 0.1) is 62.5 Å². The summed E-state index contributed by atoms with van der Waals surface area (Å²) in [6.07, 6.45) is -4.77. The Bertz CT molecular complexity index is 1540. The number of alkyl halides is 3. The Morgan fingerprint density at radius 3 is 1.89 bits per heavy atom. The standard InChI is InChI=1S/C33H35F3N4O5S/c1-32(2)30(41)39(27-10-5-25(22-38)29(21-27)33(34,35)36)31(46)40(32)26-8-3-23(4-9-26)24-6-11-28(12-7-24)45-20-19-44-18-17-43-16-15-42-14-13-37/h3-12,21H,13-20,37H2,1-2H3. The van der Waals surface area contributed by atoms with Crippen LogP contribution in [0.4, 0.5) is 24.5 Å². The summed E-state index contributed by atoms with van der Waals surface area (Å²) < 4.78 is 62.8. The summed E-state index contributed by atoms with van der Waals surface area (Å²) in [5, 5.41) is 9.18. The molecule has 13 heteroatoms. The van der Waals surface area contributed by atoms with Gasteiger partial charge in [-0.1, -0.05) is 24.3 Å². The molecular weight excluding hydrogens is 621 g/mol. The monoisotopic (exact) mass is 656 g/mol. The summed E-state index contributed by atoms with van der Waals surface area (Å²) in [6, 6.07) is 19.6. The van der Waals surface area contributed by atoms with Crippen LogP contribution < -0.4 is 20.3 Å². The van der Waals surface area contributed by atoms with Crippen LogP contribution >= 0.6 is 12.2 Å². The highest BCUT2D eigenvalue weighted by Crippen LogP contribution is 2.40. The Hall–Kier alpha value is -4.06. The number of hydrogen-bond acceptors (Lipinski definition) is 8. The minimum Gasteiger partial charge on any atom is -0.491 e. The number of carbonyl (C=O) groups excluding carboxylic acids is 1. The van der Waals surface area contributed by atoms with Gasteiger partial charge in [-0.3, -0.25) is 9.69 Å². The summed E-state index contributed by atoms with van der Waals surface area (Å²) in [4.78, 5) is 16.2. The van der Waals surface area contributed by atoms with Gasteiger partial charge in [0.25, 0.3) is 5.91 Å². The fourth-order valence-corrected chi connectivity index (χ4v) is 5.37. The molecule has 9 nitrogen and oxygen atoms in total. The van der Waals surface area contributed by atoms with Gasteiger partial charge in [0, 0.05) is 12.2 Å². The van der Waals surface area contributed by atoms with Crippen molar-refractivity contribution in [1.29, 1.82) is 5.26 Å². The minimum absolute atomic E-state index is 0.0338. The minimum atomic E-state index is -4.77. The molecule has 0 unspecified atom stereocenters.